The Labute approximate surface area is 298 Å². The standard InChI is InChI=1S/C37H61N5O7S/c1-8-24-20-37(24,29(43)31(45)38-9-2)40-30(44)28-26-25(35(26,6)7)21-42(28)32(46)27(23-16-12-10-13-17-23)39-33(47)41-36(18-14-11-15-19-36)22-50(48,49)34(3,4)5/h23-28H,8-22H2,1-7H3,(H,38,45)(H,40,44)(H2,39,41,47)/t24-,25?,26?,27+,28-,37?/m0/s1. The minimum Gasteiger partial charge on any atom is -0.350 e. The van der Waals surface area contributed by atoms with E-state index in [0.29, 0.717) is 38.8 Å². The van der Waals surface area contributed by atoms with Gasteiger partial charge in [0.1, 0.15) is 17.6 Å². The van der Waals surface area contributed by atoms with Gasteiger partial charge in [0.05, 0.1) is 16.0 Å². The lowest BCUT2D eigenvalue weighted by Gasteiger charge is -2.41. The third-order valence-electron chi connectivity index (χ3n) is 12.9. The van der Waals surface area contributed by atoms with Crippen LogP contribution in [-0.2, 0) is 29.0 Å². The van der Waals surface area contributed by atoms with Crippen LogP contribution in [0.1, 0.15) is 126 Å². The zero-order valence-electron chi connectivity index (χ0n) is 31.3. The Morgan fingerprint density at radius 3 is 2.08 bits per heavy atom. The fourth-order valence-corrected chi connectivity index (χ4v) is 10.9. The van der Waals surface area contributed by atoms with Crippen molar-refractivity contribution in [1.82, 2.24) is 26.2 Å². The minimum atomic E-state index is -3.55. The summed E-state index contributed by atoms with van der Waals surface area (Å²) in [6.07, 6.45) is 9.07. The predicted octanol–water partition coefficient (Wildman–Crippen LogP) is 3.62. The van der Waals surface area contributed by atoms with Crippen LogP contribution in [0.3, 0.4) is 0 Å². The predicted molar refractivity (Wildman–Crippen MR) is 191 cm³/mol. The van der Waals surface area contributed by atoms with Crippen molar-refractivity contribution in [2.45, 2.75) is 153 Å². The molecule has 5 rings (SSSR count). The number of fused-ring (bicyclic) bond motifs is 1. The molecule has 5 amide bonds. The fourth-order valence-electron chi connectivity index (χ4n) is 9.42. The summed E-state index contributed by atoms with van der Waals surface area (Å²) in [6.45, 7) is 13.5. The van der Waals surface area contributed by atoms with E-state index < -0.39 is 61.4 Å². The molecule has 5 fully saturated rings. The van der Waals surface area contributed by atoms with Crippen LogP contribution in [0.15, 0.2) is 0 Å². The van der Waals surface area contributed by atoms with Crippen LogP contribution in [0.2, 0.25) is 0 Å². The van der Waals surface area contributed by atoms with Crippen LogP contribution in [0.5, 0.6) is 0 Å². The number of urea groups is 1. The number of carbonyl (C=O) groups is 5. The number of hydrogen-bond acceptors (Lipinski definition) is 7. The van der Waals surface area contributed by atoms with Gasteiger partial charge < -0.3 is 26.2 Å². The SMILES string of the molecule is CCNC(=O)C(=O)C1(NC(=O)[C@@H]2C3C(CN2C(=O)[C@H](NC(=O)NC2(CS(=O)(=O)C(C)(C)C)CCCCC2)C2CCCCC2)C3(C)C)C[C@@H]1CC. The Balaban J connectivity index is 1.39. The van der Waals surface area contributed by atoms with E-state index in [2.05, 4.69) is 35.1 Å². The topological polar surface area (TPSA) is 171 Å². The second-order valence-electron chi connectivity index (χ2n) is 17.5. The smallest absolute Gasteiger partial charge is 0.315 e. The molecule has 1 heterocycles. The quantitative estimate of drug-likeness (QED) is 0.223. The van der Waals surface area contributed by atoms with Gasteiger partial charge in [-0.25, -0.2) is 13.2 Å². The Morgan fingerprint density at radius 2 is 1.52 bits per heavy atom. The van der Waals surface area contributed by atoms with Gasteiger partial charge in [0.25, 0.3) is 5.91 Å². The second kappa shape index (κ2) is 14.0. The molecule has 0 bridgehead atoms. The molecule has 0 aromatic rings. The number of nitrogens with one attached hydrogen (secondary N) is 4. The van der Waals surface area contributed by atoms with Gasteiger partial charge in [0.2, 0.25) is 17.6 Å². The first-order chi connectivity index (χ1) is 23.3. The summed E-state index contributed by atoms with van der Waals surface area (Å²) >= 11 is 0. The van der Waals surface area contributed by atoms with Gasteiger partial charge in [-0.3, -0.25) is 19.2 Å². The fraction of sp³-hybridized carbons (Fsp3) is 0.865. The van der Waals surface area contributed by atoms with Gasteiger partial charge in [0.15, 0.2) is 9.84 Å². The van der Waals surface area contributed by atoms with Gasteiger partial charge in [-0.15, -0.1) is 0 Å². The number of likely N-dealkylation sites (tertiary alicyclic amines) is 1. The molecule has 1 aliphatic heterocycles. The summed E-state index contributed by atoms with van der Waals surface area (Å²) in [5.41, 5.74) is -2.39. The number of sulfone groups is 1. The highest BCUT2D eigenvalue weighted by Crippen LogP contribution is 2.65. The molecule has 0 aromatic carbocycles. The Kier molecular flexibility index (Phi) is 10.8. The number of ketones is 1. The van der Waals surface area contributed by atoms with Gasteiger partial charge in [-0.05, 0) is 88.9 Å². The minimum absolute atomic E-state index is 0.0901. The monoisotopic (exact) mass is 719 g/mol. The molecule has 0 spiro atoms. The largest absolute Gasteiger partial charge is 0.350 e. The van der Waals surface area contributed by atoms with Gasteiger partial charge in [-0.1, -0.05) is 65.7 Å². The maximum atomic E-state index is 14.7. The molecule has 50 heavy (non-hydrogen) atoms. The Morgan fingerprint density at radius 1 is 0.900 bits per heavy atom. The van der Waals surface area contributed by atoms with Crippen LogP contribution in [0.25, 0.3) is 0 Å². The first-order valence-corrected chi connectivity index (χ1v) is 20.8. The van der Waals surface area contributed by atoms with Crippen molar-refractivity contribution < 1.29 is 32.4 Å². The molecule has 0 aromatic heterocycles. The van der Waals surface area contributed by atoms with Crippen molar-refractivity contribution in [3.05, 3.63) is 0 Å². The molecule has 4 saturated carbocycles. The molecular weight excluding hydrogens is 659 g/mol. The Hall–Kier alpha value is -2.70. The number of Topliss-reactive ketones (excluding diaryl/α,β-unsaturated/α-hetero) is 1. The zero-order chi connectivity index (χ0) is 36.9. The third kappa shape index (κ3) is 7.31. The van der Waals surface area contributed by atoms with Crippen molar-refractivity contribution in [2.24, 2.45) is 29.1 Å². The van der Waals surface area contributed by atoms with Crippen molar-refractivity contribution in [3.63, 3.8) is 0 Å². The van der Waals surface area contributed by atoms with Crippen molar-refractivity contribution >= 4 is 39.4 Å². The summed E-state index contributed by atoms with van der Waals surface area (Å²) in [6, 6.07) is -2.28. The number of carbonyl (C=O) groups excluding carboxylic acids is 5. The number of piperidine rings is 1. The van der Waals surface area contributed by atoms with Crippen molar-refractivity contribution in [2.75, 3.05) is 18.8 Å². The number of hydrogen-bond donors (Lipinski definition) is 4. The van der Waals surface area contributed by atoms with Gasteiger partial charge in [0, 0.05) is 13.1 Å². The van der Waals surface area contributed by atoms with Crippen molar-refractivity contribution in [1.29, 1.82) is 0 Å². The van der Waals surface area contributed by atoms with Crippen LogP contribution in [-0.4, -0.2) is 89.6 Å². The molecule has 13 heteroatoms. The number of rotatable bonds is 12. The van der Waals surface area contributed by atoms with E-state index in [4.69, 9.17) is 0 Å². The summed E-state index contributed by atoms with van der Waals surface area (Å²) in [4.78, 5) is 70.5. The summed E-state index contributed by atoms with van der Waals surface area (Å²) < 4.78 is 25.8. The second-order valence-corrected chi connectivity index (χ2v) is 20.3. The molecular formula is C37H61N5O7S. The maximum Gasteiger partial charge on any atom is 0.315 e. The summed E-state index contributed by atoms with van der Waals surface area (Å²) in [5, 5.41) is 11.6. The van der Waals surface area contributed by atoms with E-state index in [0.717, 1.165) is 51.4 Å². The van der Waals surface area contributed by atoms with E-state index in [1.54, 1.807) is 32.6 Å². The molecule has 0 radical (unpaired) electrons. The van der Waals surface area contributed by atoms with E-state index >= 15 is 0 Å². The highest BCUT2D eigenvalue weighted by Gasteiger charge is 2.71. The van der Waals surface area contributed by atoms with E-state index in [1.165, 1.54) is 0 Å². The summed E-state index contributed by atoms with van der Waals surface area (Å²) in [7, 11) is -3.55. The lowest BCUT2D eigenvalue weighted by atomic mass is 9.82. The molecule has 4 N–H and O–H groups in total. The number of nitrogens with zero attached hydrogens (tertiary/aromatic N) is 1. The number of amides is 5. The highest BCUT2D eigenvalue weighted by molar-refractivity contribution is 7.92. The molecule has 1 saturated heterocycles. The normalized spacial score (nSPS) is 30.7. The van der Waals surface area contributed by atoms with Gasteiger partial charge in [-0.2, -0.15) is 0 Å². The van der Waals surface area contributed by atoms with E-state index in [-0.39, 0.29) is 40.7 Å². The number of likely N-dealkylation sites (N-methyl/N-ethyl adjacent to an activating group) is 1. The van der Waals surface area contributed by atoms with E-state index in [9.17, 15) is 32.4 Å². The maximum absolute atomic E-state index is 14.7. The lowest BCUT2D eigenvalue weighted by molar-refractivity contribution is -0.145. The molecule has 12 nitrogen and oxygen atoms in total. The van der Waals surface area contributed by atoms with E-state index in [1.807, 2.05) is 6.92 Å². The zero-order valence-corrected chi connectivity index (χ0v) is 32.1. The average molecular weight is 720 g/mol. The van der Waals surface area contributed by atoms with Crippen LogP contribution < -0.4 is 21.3 Å². The van der Waals surface area contributed by atoms with Gasteiger partial charge >= 0.3 is 6.03 Å². The molecule has 282 valence electrons. The van der Waals surface area contributed by atoms with Crippen LogP contribution >= 0.6 is 0 Å². The first kappa shape index (κ1) is 38.5. The third-order valence-corrected chi connectivity index (χ3v) is 15.7. The molecule has 3 unspecified atom stereocenters. The average Bonchev–Trinajstić information content (AvgIpc) is 3.80. The first-order valence-electron chi connectivity index (χ1n) is 19.1. The molecule has 6 atom stereocenters. The summed E-state index contributed by atoms with van der Waals surface area (Å²) in [5.74, 6) is -2.59. The highest BCUT2D eigenvalue weighted by atomic mass is 32.2. The molecule has 5 aliphatic rings. The Bertz CT molecular complexity index is 1460. The van der Waals surface area contributed by atoms with Crippen LogP contribution in [0.4, 0.5) is 4.79 Å². The lowest BCUT2D eigenvalue weighted by Crippen LogP contribution is -2.63. The van der Waals surface area contributed by atoms with Crippen LogP contribution in [0, 0.1) is 29.1 Å². The van der Waals surface area contributed by atoms with Crippen molar-refractivity contribution in [3.8, 4) is 0 Å². The molecule has 4 aliphatic carbocycles.